The number of hydrogen-bond donors (Lipinski definition) is 2. The van der Waals surface area contributed by atoms with Crippen LogP contribution in [0.15, 0.2) is 48.3 Å². The van der Waals surface area contributed by atoms with Crippen LogP contribution in [-0.2, 0) is 4.74 Å². The van der Waals surface area contributed by atoms with Gasteiger partial charge in [0.15, 0.2) is 16.6 Å². The third kappa shape index (κ3) is 5.52. The molecule has 0 radical (unpaired) electrons. The summed E-state index contributed by atoms with van der Waals surface area (Å²) in [5.41, 5.74) is 1.55. The van der Waals surface area contributed by atoms with Crippen molar-refractivity contribution >= 4 is 34.3 Å². The first-order chi connectivity index (χ1) is 16.1. The lowest BCUT2D eigenvalue weighted by Gasteiger charge is -2.27. The third-order valence-electron chi connectivity index (χ3n) is 5.32. The van der Waals surface area contributed by atoms with E-state index in [1.54, 1.807) is 25.3 Å². The number of benzene rings is 1. The molecule has 2 heterocycles. The van der Waals surface area contributed by atoms with Crippen LogP contribution in [0.2, 0.25) is 0 Å². The third-order valence-corrected chi connectivity index (χ3v) is 5.53. The predicted molar refractivity (Wildman–Crippen MR) is 128 cm³/mol. The van der Waals surface area contributed by atoms with Crippen molar-refractivity contribution in [2.24, 2.45) is 0 Å². The number of pyridine rings is 1. The van der Waals surface area contributed by atoms with E-state index in [0.717, 1.165) is 16.6 Å². The number of allylic oxidation sites excluding steroid dienone is 1. The molecule has 1 fully saturated rings. The number of urea groups is 1. The Kier molecular flexibility index (Phi) is 7.26. The normalized spacial score (nSPS) is 17.8. The molecule has 10 heteroatoms. The van der Waals surface area contributed by atoms with E-state index in [1.165, 1.54) is 0 Å². The SMILES string of the molecule is COc1cc2nccc(OC3C=CC(NC(=S)NC(=O)N4CCOCC4)=CC3)c2cc1OC. The van der Waals surface area contributed by atoms with Crippen LogP contribution in [-0.4, -0.2) is 67.7 Å². The van der Waals surface area contributed by atoms with Gasteiger partial charge in [-0.2, -0.15) is 0 Å². The van der Waals surface area contributed by atoms with Crippen LogP contribution in [0.5, 0.6) is 17.2 Å². The number of rotatable bonds is 5. The van der Waals surface area contributed by atoms with Crippen molar-refractivity contribution in [2.45, 2.75) is 12.5 Å². The number of aromatic nitrogens is 1. The molecule has 0 spiro atoms. The van der Waals surface area contributed by atoms with Gasteiger partial charge in [0.2, 0.25) is 0 Å². The van der Waals surface area contributed by atoms with E-state index >= 15 is 0 Å². The Bertz CT molecular complexity index is 1100. The van der Waals surface area contributed by atoms with E-state index in [-0.39, 0.29) is 17.2 Å². The van der Waals surface area contributed by atoms with Crippen molar-refractivity contribution < 1.29 is 23.7 Å². The molecule has 1 aromatic heterocycles. The molecule has 2 aliphatic rings. The second kappa shape index (κ2) is 10.5. The van der Waals surface area contributed by atoms with Crippen LogP contribution >= 0.6 is 12.2 Å². The topological polar surface area (TPSA) is 94.2 Å². The van der Waals surface area contributed by atoms with Gasteiger partial charge in [0, 0.05) is 42.9 Å². The minimum absolute atomic E-state index is 0.161. The highest BCUT2D eigenvalue weighted by molar-refractivity contribution is 7.80. The molecule has 4 rings (SSSR count). The second-order valence-electron chi connectivity index (χ2n) is 7.43. The maximum atomic E-state index is 12.3. The maximum Gasteiger partial charge on any atom is 0.323 e. The number of nitrogens with one attached hydrogen (secondary N) is 2. The number of nitrogens with zero attached hydrogens (tertiary/aromatic N) is 2. The van der Waals surface area contributed by atoms with Crippen molar-refractivity contribution in [3.05, 3.63) is 48.3 Å². The summed E-state index contributed by atoms with van der Waals surface area (Å²) >= 11 is 5.28. The van der Waals surface area contributed by atoms with E-state index in [0.29, 0.717) is 50.0 Å². The van der Waals surface area contributed by atoms with Gasteiger partial charge in [-0.3, -0.25) is 10.3 Å². The molecule has 1 aromatic carbocycles. The summed E-state index contributed by atoms with van der Waals surface area (Å²) in [4.78, 5) is 18.3. The van der Waals surface area contributed by atoms with Gasteiger partial charge in [-0.15, -0.1) is 0 Å². The number of methoxy groups -OCH3 is 2. The number of fused-ring (bicyclic) bond motifs is 1. The van der Waals surface area contributed by atoms with Crippen molar-refractivity contribution in [2.75, 3.05) is 40.5 Å². The molecule has 1 unspecified atom stereocenters. The molecule has 1 aliphatic heterocycles. The van der Waals surface area contributed by atoms with E-state index < -0.39 is 0 Å². The van der Waals surface area contributed by atoms with Gasteiger partial charge in [-0.05, 0) is 36.5 Å². The first-order valence-electron chi connectivity index (χ1n) is 10.6. The van der Waals surface area contributed by atoms with Crippen LogP contribution in [0, 0.1) is 0 Å². The van der Waals surface area contributed by atoms with Gasteiger partial charge in [-0.1, -0.05) is 6.08 Å². The smallest absolute Gasteiger partial charge is 0.323 e. The molecule has 9 nitrogen and oxygen atoms in total. The van der Waals surface area contributed by atoms with Crippen LogP contribution in [0.3, 0.4) is 0 Å². The van der Waals surface area contributed by atoms with E-state index in [1.807, 2.05) is 36.4 Å². The molecule has 1 atom stereocenters. The van der Waals surface area contributed by atoms with E-state index in [9.17, 15) is 4.79 Å². The van der Waals surface area contributed by atoms with Crippen LogP contribution in [0.1, 0.15) is 6.42 Å². The summed E-state index contributed by atoms with van der Waals surface area (Å²) in [6.07, 6.45) is 7.98. The highest BCUT2D eigenvalue weighted by Gasteiger charge is 2.19. The zero-order chi connectivity index (χ0) is 23.2. The van der Waals surface area contributed by atoms with Gasteiger partial charge in [0.25, 0.3) is 0 Å². The minimum Gasteiger partial charge on any atom is -0.493 e. The van der Waals surface area contributed by atoms with Crippen molar-refractivity contribution in [1.82, 2.24) is 20.5 Å². The second-order valence-corrected chi connectivity index (χ2v) is 7.84. The zero-order valence-electron chi connectivity index (χ0n) is 18.5. The number of morpholine rings is 1. The van der Waals surface area contributed by atoms with Crippen LogP contribution < -0.4 is 24.8 Å². The molecule has 33 heavy (non-hydrogen) atoms. The summed E-state index contributed by atoms with van der Waals surface area (Å²) in [5.74, 6) is 1.93. The average molecular weight is 471 g/mol. The molecule has 1 aliphatic carbocycles. The number of carbonyl (C=O) groups excluding carboxylic acids is 1. The Hall–Kier alpha value is -3.37. The van der Waals surface area contributed by atoms with E-state index in [4.69, 9.17) is 31.2 Å². The molecule has 0 saturated carbocycles. The largest absolute Gasteiger partial charge is 0.493 e. The predicted octanol–water partition coefficient (Wildman–Crippen LogP) is 2.76. The van der Waals surface area contributed by atoms with Gasteiger partial charge >= 0.3 is 6.03 Å². The standard InChI is InChI=1S/C23H26N4O5S/c1-29-20-13-17-18(14-21(20)30-2)24-8-7-19(17)32-16-5-3-15(4-6-16)25-22(33)26-23(28)27-9-11-31-12-10-27/h3-5,7-8,13-14,16H,6,9-12H2,1-2H3,(H2,25,26,28,33). The average Bonchev–Trinajstić information content (AvgIpc) is 2.85. The number of thiocarbonyl (C=S) groups is 1. The fourth-order valence-electron chi connectivity index (χ4n) is 3.60. The maximum absolute atomic E-state index is 12.3. The molecule has 0 bridgehead atoms. The summed E-state index contributed by atoms with van der Waals surface area (Å²) in [7, 11) is 3.19. The Labute approximate surface area is 197 Å². The van der Waals surface area contributed by atoms with Gasteiger partial charge in [0.1, 0.15) is 11.9 Å². The quantitative estimate of drug-likeness (QED) is 0.645. The fraction of sp³-hybridized carbons (Fsp3) is 0.348. The first kappa shape index (κ1) is 22.8. The van der Waals surface area contributed by atoms with Crippen molar-refractivity contribution in [3.63, 3.8) is 0 Å². The Morgan fingerprint density at radius 3 is 2.64 bits per heavy atom. The minimum atomic E-state index is -0.228. The zero-order valence-corrected chi connectivity index (χ0v) is 19.3. The van der Waals surface area contributed by atoms with Crippen LogP contribution in [0.25, 0.3) is 10.9 Å². The Morgan fingerprint density at radius 2 is 1.94 bits per heavy atom. The lowest BCUT2D eigenvalue weighted by atomic mass is 10.1. The van der Waals surface area contributed by atoms with Gasteiger partial charge in [0.05, 0.1) is 33.0 Å². The lowest BCUT2D eigenvalue weighted by molar-refractivity contribution is 0.0543. The van der Waals surface area contributed by atoms with Crippen molar-refractivity contribution in [3.8, 4) is 17.2 Å². The van der Waals surface area contributed by atoms with Gasteiger partial charge < -0.3 is 29.2 Å². The fourth-order valence-corrected chi connectivity index (χ4v) is 3.80. The monoisotopic (exact) mass is 470 g/mol. The molecular formula is C23H26N4O5S. The van der Waals surface area contributed by atoms with Gasteiger partial charge in [-0.25, -0.2) is 4.79 Å². The first-order valence-corrected chi connectivity index (χ1v) is 11.0. The number of carbonyl (C=O) groups is 1. The molecule has 2 N–H and O–H groups in total. The molecule has 2 amide bonds. The highest BCUT2D eigenvalue weighted by atomic mass is 32.1. The summed E-state index contributed by atoms with van der Waals surface area (Å²) in [6.45, 7) is 2.18. The highest BCUT2D eigenvalue weighted by Crippen LogP contribution is 2.36. The number of amides is 2. The lowest BCUT2D eigenvalue weighted by Crippen LogP contribution is -2.50. The summed E-state index contributed by atoms with van der Waals surface area (Å²) < 4.78 is 22.3. The molecular weight excluding hydrogens is 444 g/mol. The summed E-state index contributed by atoms with van der Waals surface area (Å²) in [6, 6.07) is 5.29. The van der Waals surface area contributed by atoms with Crippen molar-refractivity contribution in [1.29, 1.82) is 0 Å². The van der Waals surface area contributed by atoms with E-state index in [2.05, 4.69) is 15.6 Å². The number of ether oxygens (including phenoxy) is 4. The Morgan fingerprint density at radius 1 is 1.18 bits per heavy atom. The van der Waals surface area contributed by atoms with Crippen LogP contribution in [0.4, 0.5) is 4.79 Å². The molecule has 2 aromatic rings. The number of hydrogen-bond acceptors (Lipinski definition) is 7. The molecule has 1 saturated heterocycles. The Balaban J connectivity index is 1.35. The molecule has 174 valence electrons. The summed E-state index contributed by atoms with van der Waals surface area (Å²) in [5, 5.41) is 6.84.